The summed E-state index contributed by atoms with van der Waals surface area (Å²) in [5, 5.41) is 4.72. The summed E-state index contributed by atoms with van der Waals surface area (Å²) < 4.78 is 1.08. The van der Waals surface area contributed by atoms with E-state index in [4.69, 9.17) is 5.73 Å². The minimum atomic E-state index is -0.0440. The fourth-order valence-corrected chi connectivity index (χ4v) is 3.53. The van der Waals surface area contributed by atoms with Crippen LogP contribution in [0.3, 0.4) is 0 Å². The molecule has 0 aliphatic heterocycles. The second kappa shape index (κ2) is 7.23. The summed E-state index contributed by atoms with van der Waals surface area (Å²) in [6.07, 6.45) is 0. The van der Waals surface area contributed by atoms with E-state index < -0.39 is 0 Å². The lowest BCUT2D eigenvalue weighted by atomic mass is 10.1. The number of hydrogen-bond acceptors (Lipinski definition) is 4. The van der Waals surface area contributed by atoms with Crippen molar-refractivity contribution in [3.05, 3.63) is 20.8 Å². The number of nitrogens with one attached hydrogen (secondary N) is 1. The molecule has 102 valence electrons. The first-order valence-corrected chi connectivity index (χ1v) is 7.52. The number of thiophene rings is 1. The van der Waals surface area contributed by atoms with E-state index in [1.54, 1.807) is 18.4 Å². The summed E-state index contributed by atoms with van der Waals surface area (Å²) in [4.78, 5) is 14.9. The SMILES string of the molecule is CNC(=O)C(C)CN(C)C(CN)c1cc(Br)cs1. The molecule has 2 atom stereocenters. The molecule has 18 heavy (non-hydrogen) atoms. The van der Waals surface area contributed by atoms with Gasteiger partial charge in [-0.25, -0.2) is 0 Å². The van der Waals surface area contributed by atoms with E-state index in [0.717, 1.165) is 4.47 Å². The topological polar surface area (TPSA) is 58.4 Å². The molecule has 1 aromatic heterocycles. The first kappa shape index (κ1) is 15.6. The van der Waals surface area contributed by atoms with Crippen molar-refractivity contribution >= 4 is 33.2 Å². The van der Waals surface area contributed by atoms with Crippen molar-refractivity contribution < 1.29 is 4.79 Å². The Labute approximate surface area is 121 Å². The Morgan fingerprint density at radius 3 is 2.78 bits per heavy atom. The van der Waals surface area contributed by atoms with Gasteiger partial charge in [0.2, 0.25) is 5.91 Å². The molecule has 0 saturated carbocycles. The van der Waals surface area contributed by atoms with Crippen LogP contribution in [0.2, 0.25) is 0 Å². The average molecular weight is 334 g/mol. The number of amides is 1. The zero-order valence-electron chi connectivity index (χ0n) is 10.9. The van der Waals surface area contributed by atoms with E-state index in [1.165, 1.54) is 4.88 Å². The van der Waals surface area contributed by atoms with Crippen molar-refractivity contribution in [1.82, 2.24) is 10.2 Å². The number of carbonyl (C=O) groups excluding carboxylic acids is 1. The van der Waals surface area contributed by atoms with E-state index in [1.807, 2.05) is 19.4 Å². The minimum absolute atomic E-state index is 0.0440. The highest BCUT2D eigenvalue weighted by Crippen LogP contribution is 2.28. The molecule has 0 saturated heterocycles. The molecule has 0 fully saturated rings. The molecular formula is C12H20BrN3OS. The zero-order chi connectivity index (χ0) is 13.7. The predicted molar refractivity (Wildman–Crippen MR) is 79.7 cm³/mol. The van der Waals surface area contributed by atoms with Gasteiger partial charge in [-0.15, -0.1) is 11.3 Å². The van der Waals surface area contributed by atoms with Crippen LogP contribution in [0.5, 0.6) is 0 Å². The van der Waals surface area contributed by atoms with Crippen LogP contribution in [0, 0.1) is 5.92 Å². The monoisotopic (exact) mass is 333 g/mol. The fourth-order valence-electron chi connectivity index (χ4n) is 1.90. The van der Waals surface area contributed by atoms with Gasteiger partial charge in [-0.05, 0) is 29.0 Å². The summed E-state index contributed by atoms with van der Waals surface area (Å²) in [5.41, 5.74) is 5.85. The van der Waals surface area contributed by atoms with Gasteiger partial charge in [0.1, 0.15) is 0 Å². The molecule has 0 aromatic carbocycles. The summed E-state index contributed by atoms with van der Waals surface area (Å²) in [5.74, 6) is 0.0161. The van der Waals surface area contributed by atoms with Gasteiger partial charge in [-0.3, -0.25) is 9.69 Å². The maximum Gasteiger partial charge on any atom is 0.223 e. The van der Waals surface area contributed by atoms with Gasteiger partial charge in [0, 0.05) is 40.8 Å². The average Bonchev–Trinajstić information content (AvgIpc) is 2.75. The van der Waals surface area contributed by atoms with Crippen molar-refractivity contribution in [3.63, 3.8) is 0 Å². The molecule has 0 spiro atoms. The fraction of sp³-hybridized carbons (Fsp3) is 0.583. The lowest BCUT2D eigenvalue weighted by Crippen LogP contribution is -2.38. The molecule has 0 aliphatic carbocycles. The van der Waals surface area contributed by atoms with E-state index in [-0.39, 0.29) is 17.9 Å². The van der Waals surface area contributed by atoms with Gasteiger partial charge < -0.3 is 11.1 Å². The van der Waals surface area contributed by atoms with Crippen LogP contribution >= 0.6 is 27.3 Å². The van der Waals surface area contributed by atoms with Crippen LogP contribution in [0.15, 0.2) is 15.9 Å². The van der Waals surface area contributed by atoms with Crippen LogP contribution in [0.1, 0.15) is 17.8 Å². The van der Waals surface area contributed by atoms with Gasteiger partial charge in [-0.1, -0.05) is 6.92 Å². The number of nitrogens with zero attached hydrogens (tertiary/aromatic N) is 1. The Morgan fingerprint density at radius 2 is 2.33 bits per heavy atom. The third kappa shape index (κ3) is 4.05. The van der Waals surface area contributed by atoms with Crippen molar-refractivity contribution in [1.29, 1.82) is 0 Å². The number of likely N-dealkylation sites (N-methyl/N-ethyl adjacent to an activating group) is 1. The maximum atomic E-state index is 11.5. The first-order valence-electron chi connectivity index (χ1n) is 5.85. The highest BCUT2D eigenvalue weighted by atomic mass is 79.9. The highest BCUT2D eigenvalue weighted by Gasteiger charge is 2.21. The van der Waals surface area contributed by atoms with Crippen molar-refractivity contribution in [2.75, 3.05) is 27.2 Å². The Bertz CT molecular complexity index is 396. The zero-order valence-corrected chi connectivity index (χ0v) is 13.3. The minimum Gasteiger partial charge on any atom is -0.359 e. The third-order valence-corrected chi connectivity index (χ3v) is 4.72. The molecule has 0 bridgehead atoms. The Kier molecular flexibility index (Phi) is 6.28. The normalized spacial score (nSPS) is 14.6. The van der Waals surface area contributed by atoms with Gasteiger partial charge in [-0.2, -0.15) is 0 Å². The third-order valence-electron chi connectivity index (χ3n) is 2.93. The van der Waals surface area contributed by atoms with E-state index in [9.17, 15) is 4.79 Å². The molecule has 1 aromatic rings. The molecule has 2 unspecified atom stereocenters. The number of rotatable bonds is 6. The standard InChI is InChI=1S/C12H20BrN3OS/c1-8(12(17)15-2)6-16(3)10(5-14)11-4-9(13)7-18-11/h4,7-8,10H,5-6,14H2,1-3H3,(H,15,17). The second-order valence-electron chi connectivity index (χ2n) is 4.37. The van der Waals surface area contributed by atoms with Gasteiger partial charge in [0.15, 0.2) is 0 Å². The van der Waals surface area contributed by atoms with Crippen LogP contribution < -0.4 is 11.1 Å². The highest BCUT2D eigenvalue weighted by molar-refractivity contribution is 9.10. The molecule has 0 aliphatic rings. The summed E-state index contributed by atoms with van der Waals surface area (Å²) in [7, 11) is 3.67. The van der Waals surface area contributed by atoms with Crippen LogP contribution in [-0.4, -0.2) is 38.0 Å². The Hall–Kier alpha value is -0.430. The largest absolute Gasteiger partial charge is 0.359 e. The summed E-state index contributed by atoms with van der Waals surface area (Å²) in [6, 6.07) is 2.25. The molecule has 1 rings (SSSR count). The predicted octanol–water partition coefficient (Wildman–Crippen LogP) is 1.82. The molecular weight excluding hydrogens is 314 g/mol. The van der Waals surface area contributed by atoms with E-state index in [0.29, 0.717) is 13.1 Å². The first-order chi connectivity index (χ1) is 8.49. The number of carbonyl (C=O) groups is 1. The molecule has 0 radical (unpaired) electrons. The Morgan fingerprint density at radius 1 is 1.67 bits per heavy atom. The van der Waals surface area contributed by atoms with Crippen LogP contribution in [0.25, 0.3) is 0 Å². The van der Waals surface area contributed by atoms with Crippen LogP contribution in [0.4, 0.5) is 0 Å². The molecule has 1 heterocycles. The number of halogens is 1. The molecule has 6 heteroatoms. The van der Waals surface area contributed by atoms with E-state index >= 15 is 0 Å². The number of hydrogen-bond donors (Lipinski definition) is 2. The lowest BCUT2D eigenvalue weighted by Gasteiger charge is -2.28. The second-order valence-corrected chi connectivity index (χ2v) is 6.23. The van der Waals surface area contributed by atoms with Gasteiger partial charge in [0.25, 0.3) is 0 Å². The molecule has 3 N–H and O–H groups in total. The van der Waals surface area contributed by atoms with Crippen LogP contribution in [-0.2, 0) is 4.79 Å². The maximum absolute atomic E-state index is 11.5. The van der Waals surface area contributed by atoms with Crippen molar-refractivity contribution in [2.45, 2.75) is 13.0 Å². The number of nitrogens with two attached hydrogens (primary N) is 1. The van der Waals surface area contributed by atoms with Gasteiger partial charge >= 0.3 is 0 Å². The smallest absolute Gasteiger partial charge is 0.223 e. The van der Waals surface area contributed by atoms with Gasteiger partial charge in [0.05, 0.1) is 6.04 Å². The van der Waals surface area contributed by atoms with Crippen molar-refractivity contribution in [3.8, 4) is 0 Å². The van der Waals surface area contributed by atoms with Crippen molar-refractivity contribution in [2.24, 2.45) is 11.7 Å². The van der Waals surface area contributed by atoms with E-state index in [2.05, 4.69) is 32.2 Å². The Balaban J connectivity index is 2.68. The summed E-state index contributed by atoms with van der Waals surface area (Å²) in [6.45, 7) is 3.16. The molecule has 1 amide bonds. The quantitative estimate of drug-likeness (QED) is 0.834. The molecule has 4 nitrogen and oxygen atoms in total. The summed E-state index contributed by atoms with van der Waals surface area (Å²) >= 11 is 5.13. The lowest BCUT2D eigenvalue weighted by molar-refractivity contribution is -0.124.